The van der Waals surface area contributed by atoms with E-state index in [0.717, 1.165) is 19.0 Å². The van der Waals surface area contributed by atoms with Crippen molar-refractivity contribution in [2.75, 3.05) is 13.6 Å². The number of hydrogen-bond donors (Lipinski definition) is 2. The number of guanidine groups is 1. The Kier molecular flexibility index (Phi) is 4.90. The molecule has 0 saturated carbocycles. The molecule has 3 nitrogen and oxygen atoms in total. The molecular formula is C11H17N3S. The molecule has 1 aromatic heterocycles. The van der Waals surface area contributed by atoms with Crippen molar-refractivity contribution >= 4 is 17.3 Å². The van der Waals surface area contributed by atoms with Gasteiger partial charge in [-0.3, -0.25) is 4.99 Å². The fraction of sp³-hybridized carbons (Fsp3) is 0.364. The van der Waals surface area contributed by atoms with E-state index in [1.807, 2.05) is 6.08 Å². The van der Waals surface area contributed by atoms with Crippen LogP contribution in [0.1, 0.15) is 10.4 Å². The normalized spacial score (nSPS) is 11.2. The molecule has 0 saturated heterocycles. The molecule has 0 radical (unpaired) electrons. The summed E-state index contributed by atoms with van der Waals surface area (Å²) in [5.41, 5.74) is 1.33. The van der Waals surface area contributed by atoms with Crippen LogP contribution in [0.15, 0.2) is 29.1 Å². The smallest absolute Gasteiger partial charge is 0.191 e. The average Bonchev–Trinajstić information content (AvgIpc) is 2.65. The van der Waals surface area contributed by atoms with Gasteiger partial charge in [-0.15, -0.1) is 17.9 Å². The van der Waals surface area contributed by atoms with Crippen molar-refractivity contribution in [3.8, 4) is 0 Å². The van der Waals surface area contributed by atoms with Crippen LogP contribution in [0.5, 0.6) is 0 Å². The molecule has 0 spiro atoms. The Morgan fingerprint density at radius 3 is 2.93 bits per heavy atom. The quantitative estimate of drug-likeness (QED) is 0.465. The predicted octanol–water partition coefficient (Wildman–Crippen LogP) is 1.91. The summed E-state index contributed by atoms with van der Waals surface area (Å²) in [6, 6.07) is 2.13. The third kappa shape index (κ3) is 3.75. The van der Waals surface area contributed by atoms with Crippen molar-refractivity contribution in [3.05, 3.63) is 34.5 Å². The Labute approximate surface area is 94.9 Å². The molecule has 0 unspecified atom stereocenters. The number of thiophene rings is 1. The monoisotopic (exact) mass is 223 g/mol. The highest BCUT2D eigenvalue weighted by atomic mass is 32.1. The summed E-state index contributed by atoms with van der Waals surface area (Å²) in [5, 5.41) is 8.48. The Bertz CT molecular complexity index is 341. The van der Waals surface area contributed by atoms with Gasteiger partial charge in [-0.05, 0) is 23.9 Å². The molecule has 0 aliphatic carbocycles. The van der Waals surface area contributed by atoms with Crippen molar-refractivity contribution in [1.29, 1.82) is 0 Å². The van der Waals surface area contributed by atoms with Crippen molar-refractivity contribution in [1.82, 2.24) is 10.6 Å². The molecule has 1 heterocycles. The lowest BCUT2D eigenvalue weighted by Crippen LogP contribution is -2.36. The zero-order valence-electron chi connectivity index (χ0n) is 9.21. The molecule has 4 heteroatoms. The molecule has 0 aliphatic heterocycles. The number of aliphatic imine (C=N–C) groups is 1. The van der Waals surface area contributed by atoms with Crippen LogP contribution >= 0.6 is 11.3 Å². The van der Waals surface area contributed by atoms with Gasteiger partial charge >= 0.3 is 0 Å². The first-order valence-corrected chi connectivity index (χ1v) is 5.74. The van der Waals surface area contributed by atoms with Crippen LogP contribution in [0.4, 0.5) is 0 Å². The number of rotatable bonds is 4. The van der Waals surface area contributed by atoms with Gasteiger partial charge in [0.05, 0.1) is 6.54 Å². The summed E-state index contributed by atoms with van der Waals surface area (Å²) in [6.45, 7) is 7.31. The molecule has 15 heavy (non-hydrogen) atoms. The van der Waals surface area contributed by atoms with Gasteiger partial charge in [-0.2, -0.15) is 0 Å². The van der Waals surface area contributed by atoms with Gasteiger partial charge in [0.15, 0.2) is 5.96 Å². The maximum Gasteiger partial charge on any atom is 0.191 e. The zero-order chi connectivity index (χ0) is 11.1. The van der Waals surface area contributed by atoms with E-state index < -0.39 is 0 Å². The molecule has 2 N–H and O–H groups in total. The highest BCUT2D eigenvalue weighted by molar-refractivity contribution is 7.10. The van der Waals surface area contributed by atoms with E-state index in [1.54, 1.807) is 18.4 Å². The van der Waals surface area contributed by atoms with Gasteiger partial charge in [0, 0.05) is 18.5 Å². The topological polar surface area (TPSA) is 36.4 Å². The molecular weight excluding hydrogens is 206 g/mol. The number of hydrogen-bond acceptors (Lipinski definition) is 2. The van der Waals surface area contributed by atoms with Crippen molar-refractivity contribution in [2.45, 2.75) is 13.5 Å². The van der Waals surface area contributed by atoms with Crippen molar-refractivity contribution in [3.63, 3.8) is 0 Å². The summed E-state index contributed by atoms with van der Waals surface area (Å²) >= 11 is 1.76. The first kappa shape index (κ1) is 11.8. The van der Waals surface area contributed by atoms with Crippen molar-refractivity contribution < 1.29 is 0 Å². The minimum Gasteiger partial charge on any atom is -0.353 e. The lowest BCUT2D eigenvalue weighted by molar-refractivity contribution is 0.854. The number of nitrogens with one attached hydrogen (secondary N) is 2. The summed E-state index contributed by atoms with van der Waals surface area (Å²) in [4.78, 5) is 5.45. The minimum absolute atomic E-state index is 0.725. The standard InChI is InChI=1S/C11H17N3S/c1-4-6-13-11(12-3)14-8-10-9(2)5-7-15-10/h4-5,7H,1,6,8H2,2-3H3,(H2,12,13,14). The fourth-order valence-corrected chi connectivity index (χ4v) is 1.98. The van der Waals surface area contributed by atoms with Crippen LogP contribution in [0.3, 0.4) is 0 Å². The van der Waals surface area contributed by atoms with E-state index in [1.165, 1.54) is 10.4 Å². The largest absolute Gasteiger partial charge is 0.353 e. The average molecular weight is 223 g/mol. The molecule has 0 amide bonds. The molecule has 0 atom stereocenters. The SMILES string of the molecule is C=CCNC(=NC)NCc1sccc1C. The van der Waals surface area contributed by atoms with E-state index in [0.29, 0.717) is 0 Å². The highest BCUT2D eigenvalue weighted by Gasteiger charge is 2.00. The number of aryl methyl sites for hydroxylation is 1. The molecule has 0 fully saturated rings. The van der Waals surface area contributed by atoms with Crippen molar-refractivity contribution in [2.24, 2.45) is 4.99 Å². The van der Waals surface area contributed by atoms with Crippen LogP contribution in [-0.4, -0.2) is 19.6 Å². The second kappa shape index (κ2) is 6.24. The maximum absolute atomic E-state index is 4.11. The first-order chi connectivity index (χ1) is 7.27. The lowest BCUT2D eigenvalue weighted by Gasteiger charge is -2.09. The van der Waals surface area contributed by atoms with Gasteiger partial charge in [0.2, 0.25) is 0 Å². The lowest BCUT2D eigenvalue weighted by atomic mass is 10.3. The Balaban J connectivity index is 2.41. The summed E-state index contributed by atoms with van der Waals surface area (Å²) in [5.74, 6) is 0.808. The second-order valence-corrected chi connectivity index (χ2v) is 4.12. The molecule has 1 rings (SSSR count). The Hall–Kier alpha value is -1.29. The van der Waals surface area contributed by atoms with Crippen LogP contribution < -0.4 is 10.6 Å². The molecule has 0 aromatic carbocycles. The molecule has 0 bridgehead atoms. The van der Waals surface area contributed by atoms with E-state index in [2.05, 4.69) is 40.6 Å². The highest BCUT2D eigenvalue weighted by Crippen LogP contribution is 2.14. The summed E-state index contributed by atoms with van der Waals surface area (Å²) < 4.78 is 0. The van der Waals surface area contributed by atoms with E-state index >= 15 is 0 Å². The van der Waals surface area contributed by atoms with Gasteiger partial charge in [-0.1, -0.05) is 6.08 Å². The second-order valence-electron chi connectivity index (χ2n) is 3.12. The van der Waals surface area contributed by atoms with Gasteiger partial charge < -0.3 is 10.6 Å². The molecule has 0 aliphatic rings. The third-order valence-corrected chi connectivity index (χ3v) is 3.05. The predicted molar refractivity (Wildman–Crippen MR) is 67.5 cm³/mol. The minimum atomic E-state index is 0.725. The summed E-state index contributed by atoms with van der Waals surface area (Å²) in [7, 11) is 1.76. The maximum atomic E-state index is 4.11. The van der Waals surface area contributed by atoms with Crippen LogP contribution in [0, 0.1) is 6.92 Å². The van der Waals surface area contributed by atoms with Gasteiger partial charge in [-0.25, -0.2) is 0 Å². The molecule has 82 valence electrons. The zero-order valence-corrected chi connectivity index (χ0v) is 10.0. The van der Waals surface area contributed by atoms with E-state index in [9.17, 15) is 0 Å². The number of nitrogens with zero attached hydrogens (tertiary/aromatic N) is 1. The van der Waals surface area contributed by atoms with E-state index in [-0.39, 0.29) is 0 Å². The van der Waals surface area contributed by atoms with Gasteiger partial charge in [0.25, 0.3) is 0 Å². The molecule has 1 aromatic rings. The summed E-state index contributed by atoms with van der Waals surface area (Å²) in [6.07, 6.45) is 1.81. The van der Waals surface area contributed by atoms with E-state index in [4.69, 9.17) is 0 Å². The fourth-order valence-electron chi connectivity index (χ4n) is 1.14. The van der Waals surface area contributed by atoms with Gasteiger partial charge in [0.1, 0.15) is 0 Å². The third-order valence-electron chi connectivity index (χ3n) is 2.02. The van der Waals surface area contributed by atoms with Crippen LogP contribution in [0.2, 0.25) is 0 Å². The Morgan fingerprint density at radius 2 is 2.40 bits per heavy atom. The Morgan fingerprint density at radius 1 is 1.60 bits per heavy atom. The van der Waals surface area contributed by atoms with Crippen LogP contribution in [-0.2, 0) is 6.54 Å². The first-order valence-electron chi connectivity index (χ1n) is 4.86. The van der Waals surface area contributed by atoms with Crippen LogP contribution in [0.25, 0.3) is 0 Å².